The molecule has 0 aliphatic carbocycles. The van der Waals surface area contributed by atoms with Crippen molar-refractivity contribution in [3.8, 4) is 0 Å². The molecular formula is C19H23N4O+. The third-order valence-corrected chi connectivity index (χ3v) is 4.29. The molecular weight excluding hydrogens is 300 g/mol. The smallest absolute Gasteiger partial charge is 0.245 e. The lowest BCUT2D eigenvalue weighted by molar-refractivity contribution is -0.710. The first-order chi connectivity index (χ1) is 11.6. The third kappa shape index (κ3) is 2.61. The zero-order chi connectivity index (χ0) is 17.2. The van der Waals surface area contributed by atoms with E-state index < -0.39 is 0 Å². The molecule has 1 atom stereocenters. The van der Waals surface area contributed by atoms with Crippen molar-refractivity contribution in [2.24, 2.45) is 10.9 Å². The quantitative estimate of drug-likeness (QED) is 0.794. The molecule has 3 rings (SSSR count). The molecule has 124 valence electrons. The van der Waals surface area contributed by atoms with Crippen LogP contribution in [0.25, 0.3) is 5.70 Å². The van der Waals surface area contributed by atoms with Gasteiger partial charge in [-0.25, -0.2) is 14.3 Å². The Morgan fingerprint density at radius 2 is 2.00 bits per heavy atom. The molecule has 5 heteroatoms. The van der Waals surface area contributed by atoms with Gasteiger partial charge < -0.3 is 0 Å². The van der Waals surface area contributed by atoms with Crippen molar-refractivity contribution in [1.82, 2.24) is 9.55 Å². The Morgan fingerprint density at radius 3 is 2.58 bits per heavy atom. The van der Waals surface area contributed by atoms with E-state index in [1.165, 1.54) is 0 Å². The molecule has 24 heavy (non-hydrogen) atoms. The van der Waals surface area contributed by atoms with Gasteiger partial charge in [0.15, 0.2) is 5.70 Å². The highest BCUT2D eigenvalue weighted by molar-refractivity contribution is 5.87. The van der Waals surface area contributed by atoms with E-state index in [0.29, 0.717) is 6.54 Å². The summed E-state index contributed by atoms with van der Waals surface area (Å²) in [6.45, 7) is 7.02. The first kappa shape index (κ1) is 16.3. The lowest BCUT2D eigenvalue weighted by Crippen LogP contribution is -2.53. The second-order valence-corrected chi connectivity index (χ2v) is 6.34. The third-order valence-electron chi connectivity index (χ3n) is 4.29. The summed E-state index contributed by atoms with van der Waals surface area (Å²) < 4.78 is 1.69. The Labute approximate surface area is 142 Å². The number of hydrogen-bond donors (Lipinski definition) is 0. The molecule has 0 radical (unpaired) electrons. The van der Waals surface area contributed by atoms with Crippen LogP contribution in [0.1, 0.15) is 32.8 Å². The van der Waals surface area contributed by atoms with Gasteiger partial charge in [-0.3, -0.25) is 0 Å². The van der Waals surface area contributed by atoms with E-state index in [9.17, 15) is 4.79 Å². The predicted octanol–water partition coefficient (Wildman–Crippen LogP) is 4.14. The van der Waals surface area contributed by atoms with Gasteiger partial charge >= 0.3 is 6.03 Å². The van der Waals surface area contributed by atoms with E-state index in [2.05, 4.69) is 30.7 Å². The van der Waals surface area contributed by atoms with Crippen LogP contribution in [0.2, 0.25) is 0 Å². The first-order valence-electron chi connectivity index (χ1n) is 8.36. The van der Waals surface area contributed by atoms with Gasteiger partial charge in [0.2, 0.25) is 6.34 Å². The second kappa shape index (κ2) is 6.53. The van der Waals surface area contributed by atoms with Crippen LogP contribution in [-0.2, 0) is 0 Å². The summed E-state index contributed by atoms with van der Waals surface area (Å²) in [5.74, 6) is 0.196. The Kier molecular flexibility index (Phi) is 4.44. The highest BCUT2D eigenvalue weighted by Gasteiger charge is 2.47. The number of benzene rings is 1. The second-order valence-electron chi connectivity index (χ2n) is 6.34. The lowest BCUT2D eigenvalue weighted by atomic mass is 10.0. The number of aromatic nitrogens is 2. The molecule has 0 bridgehead atoms. The van der Waals surface area contributed by atoms with Crippen molar-refractivity contribution in [2.75, 3.05) is 6.54 Å². The number of quaternary nitrogens is 1. The van der Waals surface area contributed by atoms with Crippen molar-refractivity contribution in [3.63, 3.8) is 0 Å². The van der Waals surface area contributed by atoms with Crippen molar-refractivity contribution in [2.45, 2.75) is 27.2 Å². The van der Waals surface area contributed by atoms with E-state index >= 15 is 0 Å². The molecule has 0 spiro atoms. The van der Waals surface area contributed by atoms with E-state index in [-0.39, 0.29) is 16.4 Å². The fraction of sp³-hybridized carbons (Fsp3) is 0.316. The number of amides is 1. The number of imidazole rings is 1. The molecule has 5 nitrogen and oxygen atoms in total. The van der Waals surface area contributed by atoms with Gasteiger partial charge in [-0.05, 0) is 6.42 Å². The van der Waals surface area contributed by atoms with Gasteiger partial charge in [0.25, 0.3) is 0 Å². The molecule has 1 amide bonds. The molecule has 0 saturated carbocycles. The number of aliphatic imine (C=N–C) groups is 1. The zero-order valence-electron chi connectivity index (χ0n) is 14.4. The van der Waals surface area contributed by atoms with Crippen LogP contribution in [0.3, 0.4) is 0 Å². The van der Waals surface area contributed by atoms with Crippen LogP contribution in [0.15, 0.2) is 59.7 Å². The van der Waals surface area contributed by atoms with E-state index in [1.807, 2.05) is 30.3 Å². The molecule has 1 unspecified atom stereocenters. The van der Waals surface area contributed by atoms with Crippen molar-refractivity contribution in [3.05, 3.63) is 60.3 Å². The lowest BCUT2D eigenvalue weighted by Gasteiger charge is -2.31. The van der Waals surface area contributed by atoms with Gasteiger partial charge in [0, 0.05) is 23.9 Å². The fourth-order valence-electron chi connectivity index (χ4n) is 3.38. The Hall–Kier alpha value is -2.53. The minimum absolute atomic E-state index is 0.0345. The largest absolute Gasteiger partial charge is 0.439 e. The SMILES string of the molecule is CCC[N+]1(C(=O)n2ccnc2)C=NC(c2ccccc2)=C1C(C)C. The van der Waals surface area contributed by atoms with E-state index in [0.717, 1.165) is 23.4 Å². The Bertz CT molecular complexity index is 775. The van der Waals surface area contributed by atoms with E-state index in [1.54, 1.807) is 29.6 Å². The molecule has 2 aromatic rings. The summed E-state index contributed by atoms with van der Waals surface area (Å²) in [6.07, 6.45) is 7.56. The summed E-state index contributed by atoms with van der Waals surface area (Å²) in [5.41, 5.74) is 3.00. The van der Waals surface area contributed by atoms with Crippen LogP contribution in [-0.4, -0.2) is 32.9 Å². The number of rotatable bonds is 4. The molecule has 1 aromatic carbocycles. The predicted molar refractivity (Wildman–Crippen MR) is 95.1 cm³/mol. The standard InChI is InChI=1S/C19H23N4O/c1-4-12-23(19(24)22-11-10-20-13-22)14-21-17(18(23)15(2)3)16-8-6-5-7-9-16/h5-11,13-15H,4,12H2,1-3H3/q+1. The number of allylic oxidation sites excluding steroid dienone is 1. The molecule has 0 N–H and O–H groups in total. The van der Waals surface area contributed by atoms with Crippen LogP contribution in [0.5, 0.6) is 0 Å². The molecule has 1 aliphatic heterocycles. The highest BCUT2D eigenvalue weighted by Crippen LogP contribution is 2.38. The van der Waals surface area contributed by atoms with Gasteiger partial charge in [-0.15, -0.1) is 0 Å². The molecule has 2 heterocycles. The van der Waals surface area contributed by atoms with Crippen LogP contribution >= 0.6 is 0 Å². The topological polar surface area (TPSA) is 47.2 Å². The Balaban J connectivity index is 2.17. The summed E-state index contributed by atoms with van der Waals surface area (Å²) in [4.78, 5) is 22.0. The average molecular weight is 323 g/mol. The Morgan fingerprint density at radius 1 is 1.25 bits per heavy atom. The fourth-order valence-corrected chi connectivity index (χ4v) is 3.38. The number of hydrogen-bond acceptors (Lipinski definition) is 3. The molecule has 1 aromatic heterocycles. The van der Waals surface area contributed by atoms with Crippen LogP contribution < -0.4 is 0 Å². The average Bonchev–Trinajstić information content (AvgIpc) is 3.24. The summed E-state index contributed by atoms with van der Waals surface area (Å²) in [6, 6.07) is 10.0. The van der Waals surface area contributed by atoms with Gasteiger partial charge in [0.05, 0.1) is 6.54 Å². The monoisotopic (exact) mass is 323 g/mol. The van der Waals surface area contributed by atoms with Gasteiger partial charge in [0.1, 0.15) is 12.0 Å². The number of carbonyl (C=O) groups excluding carboxylic acids is 1. The van der Waals surface area contributed by atoms with Gasteiger partial charge in [-0.1, -0.05) is 51.1 Å². The summed E-state index contributed by atoms with van der Waals surface area (Å²) in [7, 11) is 0. The highest BCUT2D eigenvalue weighted by atomic mass is 16.2. The number of nitrogens with zero attached hydrogens (tertiary/aromatic N) is 4. The zero-order valence-corrected chi connectivity index (χ0v) is 14.4. The normalized spacial score (nSPS) is 20.2. The summed E-state index contributed by atoms with van der Waals surface area (Å²) in [5, 5.41) is 0. The first-order valence-corrected chi connectivity index (χ1v) is 8.36. The van der Waals surface area contributed by atoms with Crippen molar-refractivity contribution < 1.29 is 9.28 Å². The minimum atomic E-state index is -0.0345. The molecule has 0 saturated heterocycles. The molecule has 0 fully saturated rings. The maximum atomic E-state index is 13.3. The minimum Gasteiger partial charge on any atom is -0.245 e. The van der Waals surface area contributed by atoms with Crippen LogP contribution in [0.4, 0.5) is 4.79 Å². The van der Waals surface area contributed by atoms with Crippen LogP contribution in [0, 0.1) is 5.92 Å². The maximum absolute atomic E-state index is 13.3. The summed E-state index contributed by atoms with van der Waals surface area (Å²) >= 11 is 0. The van der Waals surface area contributed by atoms with E-state index in [4.69, 9.17) is 0 Å². The number of carbonyl (C=O) groups is 1. The van der Waals surface area contributed by atoms with Gasteiger partial charge in [-0.2, -0.15) is 9.48 Å². The molecule has 1 aliphatic rings. The van der Waals surface area contributed by atoms with Crippen molar-refractivity contribution >= 4 is 18.1 Å². The van der Waals surface area contributed by atoms with Crippen molar-refractivity contribution in [1.29, 1.82) is 0 Å². The maximum Gasteiger partial charge on any atom is 0.439 e.